The summed E-state index contributed by atoms with van der Waals surface area (Å²) in [7, 11) is 1.76. The summed E-state index contributed by atoms with van der Waals surface area (Å²) in [4.78, 5) is 47.1. The quantitative estimate of drug-likeness (QED) is 0.203. The number of para-hydroxylation sites is 1. The summed E-state index contributed by atoms with van der Waals surface area (Å²) < 4.78 is 4.91. The lowest BCUT2D eigenvalue weighted by Crippen LogP contribution is -2.33. The second-order valence-electron chi connectivity index (χ2n) is 9.32. The minimum atomic E-state index is -0.454. The number of aromatic nitrogens is 4. The van der Waals surface area contributed by atoms with Crippen molar-refractivity contribution in [1.29, 1.82) is 0 Å². The first kappa shape index (κ1) is 26.6. The molecule has 39 heavy (non-hydrogen) atoms. The number of unbranched alkanes of at least 4 members (excludes halogenated alkanes) is 1. The number of fused-ring (bicyclic) bond motifs is 1. The van der Waals surface area contributed by atoms with Crippen molar-refractivity contribution in [3.05, 3.63) is 91.1 Å². The number of benzene rings is 1. The summed E-state index contributed by atoms with van der Waals surface area (Å²) in [6, 6.07) is 12.9. The first-order chi connectivity index (χ1) is 18.7. The van der Waals surface area contributed by atoms with E-state index in [4.69, 9.17) is 12.2 Å². The molecule has 0 aliphatic carbocycles. The number of thioether (sulfide) groups is 1. The molecule has 4 heterocycles. The average Bonchev–Trinajstić information content (AvgIpc) is 3.31. The Morgan fingerprint density at radius 2 is 1.79 bits per heavy atom. The lowest BCUT2D eigenvalue weighted by atomic mass is 10.2. The molecule has 4 aromatic rings. The Hall–Kier alpha value is -3.96. The fraction of sp³-hybridized carbons (Fsp3) is 0.250. The number of rotatable bonds is 7. The number of hydrogen-bond donors (Lipinski definition) is 1. The Balaban J connectivity index is 1.61. The molecular formula is C28H28N6O3S2. The van der Waals surface area contributed by atoms with Crippen molar-refractivity contribution < 1.29 is 4.79 Å². The van der Waals surface area contributed by atoms with Crippen molar-refractivity contribution in [3.63, 3.8) is 0 Å². The zero-order valence-electron chi connectivity index (χ0n) is 22.1. The van der Waals surface area contributed by atoms with Gasteiger partial charge in [-0.3, -0.25) is 28.4 Å². The number of nitrogens with one attached hydrogen (secondary N) is 1. The molecule has 1 aromatic carbocycles. The number of hydrogen-bond acceptors (Lipinski definition) is 7. The first-order valence-electron chi connectivity index (χ1n) is 12.6. The van der Waals surface area contributed by atoms with Gasteiger partial charge in [0.1, 0.15) is 17.2 Å². The molecule has 1 aliphatic rings. The molecule has 9 nitrogen and oxygen atoms in total. The van der Waals surface area contributed by atoms with E-state index in [0.717, 1.165) is 30.2 Å². The lowest BCUT2D eigenvalue weighted by Gasteiger charge is -2.13. The molecular weight excluding hydrogens is 532 g/mol. The molecule has 0 atom stereocenters. The molecule has 1 aliphatic heterocycles. The maximum Gasteiger partial charge on any atom is 0.296 e. The molecule has 0 unspecified atom stereocenters. The van der Waals surface area contributed by atoms with Crippen LogP contribution in [-0.4, -0.2) is 35.5 Å². The van der Waals surface area contributed by atoms with Crippen molar-refractivity contribution in [3.8, 4) is 5.69 Å². The molecule has 11 heteroatoms. The predicted molar refractivity (Wildman–Crippen MR) is 161 cm³/mol. The summed E-state index contributed by atoms with van der Waals surface area (Å²) in [5.41, 5.74) is 2.48. The van der Waals surface area contributed by atoms with Crippen LogP contribution in [0.4, 0.5) is 11.5 Å². The monoisotopic (exact) mass is 560 g/mol. The summed E-state index contributed by atoms with van der Waals surface area (Å²) in [5, 5.41) is 3.26. The lowest BCUT2D eigenvalue weighted by molar-refractivity contribution is -0.113. The minimum absolute atomic E-state index is 0.192. The molecule has 3 aromatic heterocycles. The van der Waals surface area contributed by atoms with Crippen molar-refractivity contribution in [1.82, 2.24) is 18.7 Å². The Labute approximate surface area is 234 Å². The second-order valence-corrected chi connectivity index (χ2v) is 11.0. The smallest absolute Gasteiger partial charge is 0.296 e. The topological polar surface area (TPSA) is 93.6 Å². The summed E-state index contributed by atoms with van der Waals surface area (Å²) >= 11 is 6.64. The van der Waals surface area contributed by atoms with Crippen LogP contribution < -0.4 is 21.3 Å². The van der Waals surface area contributed by atoms with Gasteiger partial charge < -0.3 is 5.32 Å². The third kappa shape index (κ3) is 4.72. The van der Waals surface area contributed by atoms with Crippen LogP contribution in [0.3, 0.4) is 0 Å². The zero-order chi connectivity index (χ0) is 27.8. The third-order valence-electron chi connectivity index (χ3n) is 6.64. The zero-order valence-corrected chi connectivity index (χ0v) is 23.7. The normalized spacial score (nSPS) is 14.7. The number of carbonyl (C=O) groups is 1. The van der Waals surface area contributed by atoms with Crippen LogP contribution in [-0.2, 0) is 11.8 Å². The summed E-state index contributed by atoms with van der Waals surface area (Å²) in [6.45, 7) is 6.39. The minimum Gasteiger partial charge on any atom is -0.369 e. The highest BCUT2D eigenvalue weighted by molar-refractivity contribution is 8.27. The molecule has 200 valence electrons. The van der Waals surface area contributed by atoms with Crippen LogP contribution in [0.5, 0.6) is 0 Å². The average molecular weight is 561 g/mol. The molecule has 0 saturated carbocycles. The van der Waals surface area contributed by atoms with E-state index >= 15 is 0 Å². The van der Waals surface area contributed by atoms with E-state index in [1.54, 1.807) is 30.9 Å². The Morgan fingerprint density at radius 1 is 1.05 bits per heavy atom. The van der Waals surface area contributed by atoms with Gasteiger partial charge in [0.05, 0.1) is 21.8 Å². The molecule has 0 spiro atoms. The maximum absolute atomic E-state index is 13.7. The van der Waals surface area contributed by atoms with Gasteiger partial charge in [0.15, 0.2) is 4.32 Å². The van der Waals surface area contributed by atoms with E-state index in [1.807, 2.05) is 43.3 Å². The molecule has 1 fully saturated rings. The van der Waals surface area contributed by atoms with Gasteiger partial charge in [-0.25, -0.2) is 9.67 Å². The second kappa shape index (κ2) is 10.7. The van der Waals surface area contributed by atoms with Crippen LogP contribution in [0, 0.1) is 13.8 Å². The van der Waals surface area contributed by atoms with Crippen molar-refractivity contribution >= 4 is 57.4 Å². The molecule has 1 amide bonds. The number of amides is 1. The van der Waals surface area contributed by atoms with E-state index < -0.39 is 5.91 Å². The van der Waals surface area contributed by atoms with Gasteiger partial charge in [-0.05, 0) is 50.1 Å². The van der Waals surface area contributed by atoms with E-state index in [9.17, 15) is 14.4 Å². The largest absolute Gasteiger partial charge is 0.369 e. The SMILES string of the molecule is CCCCNc1nc2ccc(C)cn2c(=O)c1C=C1SC(=S)N(c2c(C)n(C)n(-c3ccccc3)c2=O)C1=O. The van der Waals surface area contributed by atoms with E-state index in [2.05, 4.69) is 17.2 Å². The number of carbonyl (C=O) groups excluding carboxylic acids is 1. The fourth-order valence-corrected chi connectivity index (χ4v) is 5.76. The predicted octanol–water partition coefficient (Wildman–Crippen LogP) is 4.42. The third-order valence-corrected chi connectivity index (χ3v) is 7.95. The number of thiocarbonyl (C=S) groups is 1. The van der Waals surface area contributed by atoms with Crippen molar-refractivity contribution in [2.75, 3.05) is 16.8 Å². The number of nitrogens with zero attached hydrogens (tertiary/aromatic N) is 5. The highest BCUT2D eigenvalue weighted by Gasteiger charge is 2.38. The Morgan fingerprint density at radius 3 is 2.51 bits per heavy atom. The summed E-state index contributed by atoms with van der Waals surface area (Å²) in [5.74, 6) is -0.0471. The van der Waals surface area contributed by atoms with Crippen molar-refractivity contribution in [2.24, 2.45) is 7.05 Å². The highest BCUT2D eigenvalue weighted by Crippen LogP contribution is 2.36. The van der Waals surface area contributed by atoms with Gasteiger partial charge in [-0.15, -0.1) is 0 Å². The Kier molecular flexibility index (Phi) is 7.28. The maximum atomic E-state index is 13.7. The van der Waals surface area contributed by atoms with Crippen molar-refractivity contribution in [2.45, 2.75) is 33.6 Å². The van der Waals surface area contributed by atoms with Crippen LogP contribution in [0.25, 0.3) is 17.4 Å². The van der Waals surface area contributed by atoms with Crippen LogP contribution in [0.1, 0.15) is 36.6 Å². The standard InChI is InChI=1S/C28H28N6O3S2/c1-5-6-14-29-24-20(25(35)32-16-17(2)12-13-22(32)30-24)15-21-26(36)33(28(38)39-21)23-18(3)31(4)34(27(23)37)19-10-8-7-9-11-19/h7-13,15-16,29H,5-6,14H2,1-4H3. The molecule has 1 N–H and O–H groups in total. The van der Waals surface area contributed by atoms with Gasteiger partial charge in [-0.2, -0.15) is 0 Å². The number of pyridine rings is 1. The Bertz CT molecular complexity index is 1770. The van der Waals surface area contributed by atoms with Crippen LogP contribution in [0.2, 0.25) is 0 Å². The molecule has 5 rings (SSSR count). The van der Waals surface area contributed by atoms with Crippen LogP contribution >= 0.6 is 24.0 Å². The fourth-order valence-electron chi connectivity index (χ4n) is 4.51. The van der Waals surface area contributed by atoms with Gasteiger partial charge in [-0.1, -0.05) is 61.6 Å². The van der Waals surface area contributed by atoms with Gasteiger partial charge in [0, 0.05) is 19.8 Å². The molecule has 1 saturated heterocycles. The summed E-state index contributed by atoms with van der Waals surface area (Å²) in [6.07, 6.45) is 5.13. The first-order valence-corrected chi connectivity index (χ1v) is 13.8. The molecule has 0 bridgehead atoms. The van der Waals surface area contributed by atoms with Gasteiger partial charge in [0.25, 0.3) is 17.0 Å². The number of anilines is 2. The number of aryl methyl sites for hydroxylation is 1. The van der Waals surface area contributed by atoms with Gasteiger partial charge in [0.2, 0.25) is 0 Å². The van der Waals surface area contributed by atoms with E-state index in [-0.39, 0.29) is 31.6 Å². The highest BCUT2D eigenvalue weighted by atomic mass is 32.2. The molecule has 0 radical (unpaired) electrons. The van der Waals surface area contributed by atoms with Gasteiger partial charge >= 0.3 is 0 Å². The van der Waals surface area contributed by atoms with E-state index in [1.165, 1.54) is 20.1 Å². The van der Waals surface area contributed by atoms with E-state index in [0.29, 0.717) is 29.4 Å². The van der Waals surface area contributed by atoms with Crippen LogP contribution in [0.15, 0.2) is 63.2 Å².